The molecular weight excluding hydrogens is 326 g/mol. The maximum absolute atomic E-state index is 10.0. The van der Waals surface area contributed by atoms with Crippen molar-refractivity contribution >= 4 is 11.6 Å². The van der Waals surface area contributed by atoms with Crippen LogP contribution < -0.4 is 10.1 Å². The number of halogens is 1. The number of aliphatic hydroxyl groups is 1. The molecule has 5 heteroatoms. The first-order valence-corrected chi connectivity index (χ1v) is 8.45. The molecule has 0 bridgehead atoms. The van der Waals surface area contributed by atoms with Crippen molar-refractivity contribution in [2.45, 2.75) is 13.0 Å². The van der Waals surface area contributed by atoms with Gasteiger partial charge in [-0.05, 0) is 24.1 Å². The highest BCUT2D eigenvalue weighted by Gasteiger charge is 2.06. The van der Waals surface area contributed by atoms with Crippen LogP contribution in [0.4, 0.5) is 0 Å². The highest BCUT2D eigenvalue weighted by molar-refractivity contribution is 6.32. The van der Waals surface area contributed by atoms with E-state index in [2.05, 4.69) is 5.32 Å². The van der Waals surface area contributed by atoms with Crippen molar-refractivity contribution in [2.24, 2.45) is 0 Å². The molecule has 2 rings (SSSR count). The number of aryl methyl sites for hydroxylation is 1. The number of para-hydroxylation sites is 1. The minimum absolute atomic E-state index is 0.456. The van der Waals surface area contributed by atoms with Crippen LogP contribution in [-0.2, 0) is 4.74 Å². The summed E-state index contributed by atoms with van der Waals surface area (Å²) in [5.41, 5.74) is 1.92. The van der Waals surface area contributed by atoms with Gasteiger partial charge in [0.05, 0.1) is 24.3 Å². The average molecular weight is 350 g/mol. The Morgan fingerprint density at radius 3 is 2.58 bits per heavy atom. The maximum Gasteiger partial charge on any atom is 0.140 e. The van der Waals surface area contributed by atoms with Gasteiger partial charge in [-0.3, -0.25) is 0 Å². The highest BCUT2D eigenvalue weighted by Crippen LogP contribution is 2.27. The van der Waals surface area contributed by atoms with E-state index in [1.54, 1.807) is 0 Å². The van der Waals surface area contributed by atoms with Crippen molar-refractivity contribution in [2.75, 3.05) is 32.9 Å². The fraction of sp³-hybridized carbons (Fsp3) is 0.368. The largest absolute Gasteiger partial charge is 0.489 e. The Hall–Kier alpha value is -1.59. The molecular formula is C19H24ClNO3. The summed E-state index contributed by atoms with van der Waals surface area (Å²) in [5, 5.41) is 13.8. The number of hydrogen-bond acceptors (Lipinski definition) is 4. The lowest BCUT2D eigenvalue weighted by Crippen LogP contribution is -2.25. The zero-order valence-corrected chi connectivity index (χ0v) is 14.6. The molecule has 2 aromatic carbocycles. The summed E-state index contributed by atoms with van der Waals surface area (Å²) in [6.07, 6.45) is -0.502. The molecule has 130 valence electrons. The fourth-order valence-corrected chi connectivity index (χ4v) is 2.56. The summed E-state index contributed by atoms with van der Waals surface area (Å²) in [6.45, 7) is 4.65. The Morgan fingerprint density at radius 1 is 1.04 bits per heavy atom. The molecule has 0 saturated carbocycles. The standard InChI is InChI=1S/C19H24ClNO3/c1-15-6-5-9-17(20)19(15)24-13-12-23-11-10-21-14-18(22)16-7-3-2-4-8-16/h2-9,18,21-22H,10-14H2,1H3/t18-/m1/s1. The van der Waals surface area contributed by atoms with Gasteiger partial charge >= 0.3 is 0 Å². The first-order valence-electron chi connectivity index (χ1n) is 8.08. The van der Waals surface area contributed by atoms with Gasteiger partial charge in [0.2, 0.25) is 0 Å². The zero-order chi connectivity index (χ0) is 17.2. The van der Waals surface area contributed by atoms with E-state index in [0.29, 0.717) is 43.7 Å². The molecule has 0 aliphatic carbocycles. The topological polar surface area (TPSA) is 50.7 Å². The lowest BCUT2D eigenvalue weighted by atomic mass is 10.1. The van der Waals surface area contributed by atoms with Gasteiger partial charge in [-0.25, -0.2) is 0 Å². The van der Waals surface area contributed by atoms with E-state index in [1.165, 1.54) is 0 Å². The second-order valence-corrected chi connectivity index (χ2v) is 5.88. The van der Waals surface area contributed by atoms with Gasteiger partial charge in [0.15, 0.2) is 0 Å². The molecule has 1 atom stereocenters. The van der Waals surface area contributed by atoms with Crippen LogP contribution in [0.25, 0.3) is 0 Å². The average Bonchev–Trinajstić information content (AvgIpc) is 2.60. The number of ether oxygens (including phenoxy) is 2. The van der Waals surface area contributed by atoms with Gasteiger partial charge in [-0.1, -0.05) is 54.1 Å². The van der Waals surface area contributed by atoms with Crippen LogP contribution in [0.15, 0.2) is 48.5 Å². The summed E-state index contributed by atoms with van der Waals surface area (Å²) >= 11 is 6.09. The van der Waals surface area contributed by atoms with Crippen molar-refractivity contribution in [3.05, 3.63) is 64.7 Å². The molecule has 0 fully saturated rings. The third kappa shape index (κ3) is 6.13. The predicted molar refractivity (Wildman–Crippen MR) is 96.8 cm³/mol. The lowest BCUT2D eigenvalue weighted by Gasteiger charge is -2.13. The van der Waals surface area contributed by atoms with Gasteiger partial charge in [0, 0.05) is 13.1 Å². The molecule has 0 unspecified atom stereocenters. The van der Waals surface area contributed by atoms with Crippen LogP contribution in [0.1, 0.15) is 17.2 Å². The van der Waals surface area contributed by atoms with E-state index in [9.17, 15) is 5.11 Å². The number of aliphatic hydroxyl groups excluding tert-OH is 1. The second kappa shape index (κ2) is 10.3. The van der Waals surface area contributed by atoms with E-state index in [-0.39, 0.29) is 0 Å². The third-order valence-corrected chi connectivity index (χ3v) is 3.88. The molecule has 0 saturated heterocycles. The summed E-state index contributed by atoms with van der Waals surface area (Å²) in [4.78, 5) is 0. The van der Waals surface area contributed by atoms with E-state index in [1.807, 2.05) is 55.5 Å². The number of benzene rings is 2. The molecule has 0 aliphatic rings. The molecule has 2 aromatic rings. The van der Waals surface area contributed by atoms with Gasteiger partial charge in [0.1, 0.15) is 12.4 Å². The molecule has 0 heterocycles. The molecule has 0 aromatic heterocycles. The minimum atomic E-state index is -0.502. The van der Waals surface area contributed by atoms with Crippen LogP contribution in [0.3, 0.4) is 0 Å². The first-order chi connectivity index (χ1) is 11.7. The molecule has 24 heavy (non-hydrogen) atoms. The van der Waals surface area contributed by atoms with Crippen LogP contribution in [0.2, 0.25) is 5.02 Å². The SMILES string of the molecule is Cc1cccc(Cl)c1OCCOCCNC[C@@H](O)c1ccccc1. The van der Waals surface area contributed by atoms with E-state index >= 15 is 0 Å². The molecule has 0 amide bonds. The molecule has 0 radical (unpaired) electrons. The van der Waals surface area contributed by atoms with E-state index < -0.39 is 6.10 Å². The Bertz CT molecular complexity index is 587. The normalized spacial score (nSPS) is 12.1. The quantitative estimate of drug-likeness (QED) is 0.646. The molecule has 0 spiro atoms. The zero-order valence-electron chi connectivity index (χ0n) is 13.9. The maximum atomic E-state index is 10.0. The third-order valence-electron chi connectivity index (χ3n) is 3.58. The Balaban J connectivity index is 1.53. The van der Waals surface area contributed by atoms with Gasteiger partial charge in [-0.2, -0.15) is 0 Å². The molecule has 2 N–H and O–H groups in total. The predicted octanol–water partition coefficient (Wildman–Crippen LogP) is 3.37. The first kappa shape index (κ1) is 18.7. The van der Waals surface area contributed by atoms with Crippen molar-refractivity contribution < 1.29 is 14.6 Å². The van der Waals surface area contributed by atoms with Crippen molar-refractivity contribution in [3.8, 4) is 5.75 Å². The fourth-order valence-electron chi connectivity index (χ4n) is 2.28. The second-order valence-electron chi connectivity index (χ2n) is 5.48. The van der Waals surface area contributed by atoms with Gasteiger partial charge < -0.3 is 19.9 Å². The van der Waals surface area contributed by atoms with Crippen molar-refractivity contribution in [1.82, 2.24) is 5.32 Å². The summed E-state index contributed by atoms with van der Waals surface area (Å²) in [7, 11) is 0. The van der Waals surface area contributed by atoms with Crippen LogP contribution in [0, 0.1) is 6.92 Å². The summed E-state index contributed by atoms with van der Waals surface area (Å²) in [6, 6.07) is 15.3. The Morgan fingerprint density at radius 2 is 1.83 bits per heavy atom. The van der Waals surface area contributed by atoms with Crippen molar-refractivity contribution in [3.63, 3.8) is 0 Å². The number of hydrogen-bond donors (Lipinski definition) is 2. The Kier molecular flexibility index (Phi) is 8.05. The minimum Gasteiger partial charge on any atom is -0.489 e. The number of rotatable bonds is 10. The lowest BCUT2D eigenvalue weighted by molar-refractivity contribution is 0.0981. The Labute approximate surface area is 148 Å². The van der Waals surface area contributed by atoms with Crippen LogP contribution >= 0.6 is 11.6 Å². The monoisotopic (exact) mass is 349 g/mol. The summed E-state index contributed by atoms with van der Waals surface area (Å²) < 4.78 is 11.2. The molecule has 4 nitrogen and oxygen atoms in total. The summed E-state index contributed by atoms with van der Waals surface area (Å²) in [5.74, 6) is 0.715. The van der Waals surface area contributed by atoms with Gasteiger partial charge in [-0.15, -0.1) is 0 Å². The van der Waals surface area contributed by atoms with Crippen molar-refractivity contribution in [1.29, 1.82) is 0 Å². The number of nitrogens with one attached hydrogen (secondary N) is 1. The van der Waals surface area contributed by atoms with Crippen LogP contribution in [0.5, 0.6) is 5.75 Å². The smallest absolute Gasteiger partial charge is 0.140 e. The van der Waals surface area contributed by atoms with E-state index in [4.69, 9.17) is 21.1 Å². The molecule has 0 aliphatic heterocycles. The highest BCUT2D eigenvalue weighted by atomic mass is 35.5. The van der Waals surface area contributed by atoms with Gasteiger partial charge in [0.25, 0.3) is 0 Å². The van der Waals surface area contributed by atoms with Crippen LogP contribution in [-0.4, -0.2) is 38.0 Å². The van der Waals surface area contributed by atoms with E-state index in [0.717, 1.165) is 11.1 Å².